The van der Waals surface area contributed by atoms with Crippen molar-refractivity contribution in [3.05, 3.63) is 58.3 Å². The summed E-state index contributed by atoms with van der Waals surface area (Å²) in [6.07, 6.45) is -0.800. The number of sulfonamides is 1. The zero-order valence-corrected chi connectivity index (χ0v) is 11.8. The summed E-state index contributed by atoms with van der Waals surface area (Å²) in [5, 5.41) is 11.7. The van der Waals surface area contributed by atoms with Crippen molar-refractivity contribution in [3.63, 3.8) is 0 Å². The first-order chi connectivity index (χ1) is 9.07. The fourth-order valence-corrected chi connectivity index (χ4v) is 3.49. The summed E-state index contributed by atoms with van der Waals surface area (Å²) in [5.41, 5.74) is 0.723. The summed E-state index contributed by atoms with van der Waals surface area (Å²) in [6.45, 7) is -0.00429. The van der Waals surface area contributed by atoms with Crippen LogP contribution in [0.3, 0.4) is 0 Å². The van der Waals surface area contributed by atoms with Gasteiger partial charge in [0.15, 0.2) is 0 Å². The Hall–Kier alpha value is -1.21. The van der Waals surface area contributed by atoms with E-state index >= 15 is 0 Å². The van der Waals surface area contributed by atoms with Crippen LogP contribution < -0.4 is 4.72 Å². The Morgan fingerprint density at radius 2 is 1.89 bits per heavy atom. The van der Waals surface area contributed by atoms with Gasteiger partial charge in [0, 0.05) is 11.4 Å². The summed E-state index contributed by atoms with van der Waals surface area (Å²) in [7, 11) is -3.43. The number of benzene rings is 1. The van der Waals surface area contributed by atoms with Crippen LogP contribution >= 0.6 is 11.3 Å². The van der Waals surface area contributed by atoms with Gasteiger partial charge >= 0.3 is 0 Å². The Bertz CT molecular complexity index is 594. The van der Waals surface area contributed by atoms with Gasteiger partial charge in [-0.2, -0.15) is 0 Å². The predicted molar refractivity (Wildman–Crippen MR) is 76.3 cm³/mol. The van der Waals surface area contributed by atoms with E-state index in [1.165, 1.54) is 11.3 Å². The van der Waals surface area contributed by atoms with Gasteiger partial charge in [-0.25, -0.2) is 13.1 Å². The minimum atomic E-state index is -3.43. The van der Waals surface area contributed by atoms with Gasteiger partial charge in [0.05, 0.1) is 5.75 Å². The molecule has 0 saturated carbocycles. The Kier molecular flexibility index (Phi) is 4.71. The molecule has 0 aliphatic carbocycles. The second kappa shape index (κ2) is 6.29. The summed E-state index contributed by atoms with van der Waals surface area (Å²) in [6, 6.07) is 12.5. The lowest BCUT2D eigenvalue weighted by atomic mass is 10.2. The summed E-state index contributed by atoms with van der Waals surface area (Å²) < 4.78 is 26.1. The van der Waals surface area contributed by atoms with Gasteiger partial charge in [-0.1, -0.05) is 36.4 Å². The van der Waals surface area contributed by atoms with Crippen molar-refractivity contribution in [3.8, 4) is 0 Å². The van der Waals surface area contributed by atoms with E-state index in [1.807, 2.05) is 17.5 Å². The van der Waals surface area contributed by atoms with Crippen LogP contribution in [0.15, 0.2) is 47.8 Å². The van der Waals surface area contributed by atoms with Crippen LogP contribution in [-0.4, -0.2) is 20.1 Å². The Morgan fingerprint density at radius 1 is 1.16 bits per heavy atom. The standard InChI is InChI=1S/C13H15NO3S2/c15-12(13-7-4-8-18-13)9-14-19(16,17)10-11-5-2-1-3-6-11/h1-8,12,14-15H,9-10H2. The van der Waals surface area contributed by atoms with Crippen molar-refractivity contribution in [2.24, 2.45) is 0 Å². The van der Waals surface area contributed by atoms with Crippen molar-refractivity contribution in [2.45, 2.75) is 11.9 Å². The molecule has 1 heterocycles. The van der Waals surface area contributed by atoms with E-state index in [-0.39, 0.29) is 12.3 Å². The first kappa shape index (κ1) is 14.2. The molecule has 4 nitrogen and oxygen atoms in total. The second-order valence-electron chi connectivity index (χ2n) is 4.12. The summed E-state index contributed by atoms with van der Waals surface area (Å²) >= 11 is 1.40. The smallest absolute Gasteiger partial charge is 0.215 e. The molecule has 1 unspecified atom stereocenters. The second-order valence-corrected chi connectivity index (χ2v) is 6.91. The van der Waals surface area contributed by atoms with Crippen LogP contribution in [-0.2, 0) is 15.8 Å². The van der Waals surface area contributed by atoms with Crippen LogP contribution in [0.2, 0.25) is 0 Å². The molecule has 1 aromatic carbocycles. The monoisotopic (exact) mass is 297 g/mol. The maximum atomic E-state index is 11.9. The van der Waals surface area contributed by atoms with Gasteiger partial charge in [-0.05, 0) is 17.0 Å². The molecule has 0 aliphatic heterocycles. The Morgan fingerprint density at radius 3 is 2.53 bits per heavy atom. The topological polar surface area (TPSA) is 66.4 Å². The molecule has 2 rings (SSSR count). The molecule has 0 spiro atoms. The molecule has 0 fully saturated rings. The van der Waals surface area contributed by atoms with Crippen molar-refractivity contribution in [2.75, 3.05) is 6.54 Å². The molecular formula is C13H15NO3S2. The highest BCUT2D eigenvalue weighted by atomic mass is 32.2. The molecule has 2 N–H and O–H groups in total. The third kappa shape index (κ3) is 4.43. The third-order valence-corrected chi connectivity index (χ3v) is 4.86. The molecule has 19 heavy (non-hydrogen) atoms. The minimum absolute atomic E-state index is 0.00429. The molecule has 6 heteroatoms. The van der Waals surface area contributed by atoms with Crippen molar-refractivity contribution < 1.29 is 13.5 Å². The average molecular weight is 297 g/mol. The van der Waals surface area contributed by atoms with Crippen LogP contribution in [0, 0.1) is 0 Å². The zero-order valence-electron chi connectivity index (χ0n) is 10.2. The fraction of sp³-hybridized carbons (Fsp3) is 0.231. The maximum Gasteiger partial charge on any atom is 0.215 e. The van der Waals surface area contributed by atoms with Crippen LogP contribution in [0.4, 0.5) is 0 Å². The van der Waals surface area contributed by atoms with E-state index in [1.54, 1.807) is 30.3 Å². The van der Waals surface area contributed by atoms with E-state index in [4.69, 9.17) is 0 Å². The van der Waals surface area contributed by atoms with Gasteiger partial charge in [0.25, 0.3) is 0 Å². The molecule has 2 aromatic rings. The normalized spacial score (nSPS) is 13.3. The van der Waals surface area contributed by atoms with E-state index < -0.39 is 16.1 Å². The van der Waals surface area contributed by atoms with Crippen LogP contribution in [0.5, 0.6) is 0 Å². The molecule has 0 bridgehead atoms. The maximum absolute atomic E-state index is 11.9. The molecule has 0 amide bonds. The molecule has 0 aliphatic rings. The highest BCUT2D eigenvalue weighted by Gasteiger charge is 2.15. The van der Waals surface area contributed by atoms with E-state index in [2.05, 4.69) is 4.72 Å². The van der Waals surface area contributed by atoms with Gasteiger partial charge in [-0.15, -0.1) is 11.3 Å². The molecule has 102 valence electrons. The number of hydrogen-bond acceptors (Lipinski definition) is 4. The van der Waals surface area contributed by atoms with E-state index in [9.17, 15) is 13.5 Å². The molecule has 0 radical (unpaired) electrons. The highest BCUT2D eigenvalue weighted by Crippen LogP contribution is 2.18. The van der Waals surface area contributed by atoms with Crippen molar-refractivity contribution >= 4 is 21.4 Å². The predicted octanol–water partition coefficient (Wildman–Crippen LogP) is 1.90. The van der Waals surface area contributed by atoms with Gasteiger partial charge in [0.2, 0.25) is 10.0 Å². The van der Waals surface area contributed by atoms with Gasteiger partial charge in [0.1, 0.15) is 6.10 Å². The lowest BCUT2D eigenvalue weighted by Crippen LogP contribution is -2.29. The molecule has 1 atom stereocenters. The summed E-state index contributed by atoms with van der Waals surface area (Å²) in [5.74, 6) is -0.0784. The Labute approximate surface area is 116 Å². The molecular weight excluding hydrogens is 282 g/mol. The Balaban J connectivity index is 1.91. The van der Waals surface area contributed by atoms with Crippen molar-refractivity contribution in [1.82, 2.24) is 4.72 Å². The van der Waals surface area contributed by atoms with Crippen LogP contribution in [0.1, 0.15) is 16.5 Å². The lowest BCUT2D eigenvalue weighted by molar-refractivity contribution is 0.185. The largest absolute Gasteiger partial charge is 0.386 e. The fourth-order valence-electron chi connectivity index (χ4n) is 1.63. The number of nitrogens with one attached hydrogen (secondary N) is 1. The van der Waals surface area contributed by atoms with Gasteiger partial charge < -0.3 is 5.11 Å². The van der Waals surface area contributed by atoms with E-state index in [0.717, 1.165) is 10.4 Å². The highest BCUT2D eigenvalue weighted by molar-refractivity contribution is 7.88. The van der Waals surface area contributed by atoms with Crippen molar-refractivity contribution in [1.29, 1.82) is 0 Å². The van der Waals surface area contributed by atoms with Gasteiger partial charge in [-0.3, -0.25) is 0 Å². The number of rotatable bonds is 6. The number of thiophene rings is 1. The quantitative estimate of drug-likeness (QED) is 0.856. The third-order valence-electron chi connectivity index (χ3n) is 2.57. The first-order valence-corrected chi connectivity index (χ1v) is 8.33. The molecule has 0 saturated heterocycles. The average Bonchev–Trinajstić information content (AvgIpc) is 2.91. The SMILES string of the molecule is O=S(=O)(Cc1ccccc1)NCC(O)c1cccs1. The van der Waals surface area contributed by atoms with E-state index in [0.29, 0.717) is 0 Å². The van der Waals surface area contributed by atoms with Crippen LogP contribution in [0.25, 0.3) is 0 Å². The number of hydrogen-bond donors (Lipinski definition) is 2. The lowest BCUT2D eigenvalue weighted by Gasteiger charge is -2.10. The zero-order chi connectivity index (χ0) is 13.7. The number of aliphatic hydroxyl groups is 1. The minimum Gasteiger partial charge on any atom is -0.386 e. The first-order valence-electron chi connectivity index (χ1n) is 5.79. The number of aliphatic hydroxyl groups excluding tert-OH is 1. The molecule has 1 aromatic heterocycles. The summed E-state index contributed by atoms with van der Waals surface area (Å²) in [4.78, 5) is 0.752.